The zero-order chi connectivity index (χ0) is 9.84. The average molecular weight is 181 g/mol. The van der Waals surface area contributed by atoms with Crippen LogP contribution in [0.5, 0.6) is 0 Å². The van der Waals surface area contributed by atoms with Crippen LogP contribution in [-0.4, -0.2) is 0 Å². The first-order chi connectivity index (χ1) is 6.15. The lowest BCUT2D eigenvalue weighted by Crippen LogP contribution is -2.09. The maximum Gasteiger partial charge on any atom is 0.126 e. The number of aryl methyl sites for hydroxylation is 1. The fourth-order valence-electron chi connectivity index (χ4n) is 1.38. The summed E-state index contributed by atoms with van der Waals surface area (Å²) in [4.78, 5) is 0. The summed E-state index contributed by atoms with van der Waals surface area (Å²) in [7, 11) is 0. The Balaban J connectivity index is 2.84. The smallest absolute Gasteiger partial charge is 0.126 e. The van der Waals surface area contributed by atoms with E-state index in [1.807, 2.05) is 6.07 Å². The van der Waals surface area contributed by atoms with E-state index in [0.29, 0.717) is 5.56 Å². The van der Waals surface area contributed by atoms with E-state index < -0.39 is 0 Å². The predicted octanol–water partition coefficient (Wildman–Crippen LogP) is 2.93. The molecule has 0 radical (unpaired) electrons. The normalized spacial score (nSPS) is 12.9. The maximum atomic E-state index is 12.9. The SMILES string of the molecule is CCC[C@H](N)c1ccc(F)c(C)c1. The number of hydrogen-bond donors (Lipinski definition) is 1. The second-order valence-corrected chi connectivity index (χ2v) is 3.40. The number of hydrogen-bond acceptors (Lipinski definition) is 1. The molecule has 0 bridgehead atoms. The van der Waals surface area contributed by atoms with Crippen LogP contribution in [0.3, 0.4) is 0 Å². The van der Waals surface area contributed by atoms with E-state index in [1.54, 1.807) is 13.0 Å². The molecule has 2 N–H and O–H groups in total. The molecule has 0 aromatic heterocycles. The molecule has 1 aromatic carbocycles. The van der Waals surface area contributed by atoms with Crippen molar-refractivity contribution in [3.63, 3.8) is 0 Å². The van der Waals surface area contributed by atoms with Gasteiger partial charge in [-0.15, -0.1) is 0 Å². The largest absolute Gasteiger partial charge is 0.324 e. The standard InChI is InChI=1S/C11H16FN/c1-3-4-11(13)9-5-6-10(12)8(2)7-9/h5-7,11H,3-4,13H2,1-2H3/t11-/m0/s1. The molecule has 0 aliphatic rings. The minimum Gasteiger partial charge on any atom is -0.324 e. The van der Waals surface area contributed by atoms with E-state index in [9.17, 15) is 4.39 Å². The molecule has 1 aromatic rings. The molecular formula is C11H16FN. The Hall–Kier alpha value is -0.890. The Kier molecular flexibility index (Phi) is 3.43. The van der Waals surface area contributed by atoms with Crippen molar-refractivity contribution >= 4 is 0 Å². The minimum atomic E-state index is -0.160. The second kappa shape index (κ2) is 4.38. The van der Waals surface area contributed by atoms with Gasteiger partial charge < -0.3 is 5.73 Å². The third kappa shape index (κ3) is 2.52. The zero-order valence-electron chi connectivity index (χ0n) is 8.18. The van der Waals surface area contributed by atoms with Gasteiger partial charge in [-0.2, -0.15) is 0 Å². The van der Waals surface area contributed by atoms with Crippen molar-refractivity contribution in [2.45, 2.75) is 32.7 Å². The van der Waals surface area contributed by atoms with Crippen molar-refractivity contribution in [1.82, 2.24) is 0 Å². The maximum absolute atomic E-state index is 12.9. The van der Waals surface area contributed by atoms with E-state index >= 15 is 0 Å². The van der Waals surface area contributed by atoms with Gasteiger partial charge in [0.1, 0.15) is 5.82 Å². The van der Waals surface area contributed by atoms with Crippen molar-refractivity contribution in [3.8, 4) is 0 Å². The third-order valence-electron chi connectivity index (χ3n) is 2.21. The van der Waals surface area contributed by atoms with E-state index in [1.165, 1.54) is 6.07 Å². The molecule has 2 heteroatoms. The summed E-state index contributed by atoms with van der Waals surface area (Å²) in [5, 5.41) is 0. The van der Waals surface area contributed by atoms with Crippen LogP contribution in [0, 0.1) is 12.7 Å². The number of nitrogens with two attached hydrogens (primary N) is 1. The van der Waals surface area contributed by atoms with E-state index in [4.69, 9.17) is 5.73 Å². The molecule has 0 aliphatic carbocycles. The first-order valence-corrected chi connectivity index (χ1v) is 4.66. The fourth-order valence-corrected chi connectivity index (χ4v) is 1.38. The molecule has 1 atom stereocenters. The van der Waals surface area contributed by atoms with Crippen LogP contribution in [0.2, 0.25) is 0 Å². The molecule has 0 aliphatic heterocycles. The molecule has 0 saturated carbocycles. The third-order valence-corrected chi connectivity index (χ3v) is 2.21. The fraction of sp³-hybridized carbons (Fsp3) is 0.455. The molecule has 0 amide bonds. The van der Waals surface area contributed by atoms with Gasteiger partial charge in [0, 0.05) is 6.04 Å². The van der Waals surface area contributed by atoms with Crippen LogP contribution in [0.25, 0.3) is 0 Å². The van der Waals surface area contributed by atoms with Gasteiger partial charge >= 0.3 is 0 Å². The van der Waals surface area contributed by atoms with Crippen molar-refractivity contribution in [2.75, 3.05) is 0 Å². The highest BCUT2D eigenvalue weighted by Crippen LogP contribution is 2.18. The number of halogens is 1. The summed E-state index contributed by atoms with van der Waals surface area (Å²) in [6, 6.07) is 5.13. The molecule has 0 unspecified atom stereocenters. The van der Waals surface area contributed by atoms with Crippen LogP contribution in [0.4, 0.5) is 4.39 Å². The molecule has 0 heterocycles. The molecule has 1 rings (SSSR count). The summed E-state index contributed by atoms with van der Waals surface area (Å²) in [5.74, 6) is -0.160. The second-order valence-electron chi connectivity index (χ2n) is 3.40. The highest BCUT2D eigenvalue weighted by Gasteiger charge is 2.06. The summed E-state index contributed by atoms with van der Waals surface area (Å²) < 4.78 is 12.9. The first-order valence-electron chi connectivity index (χ1n) is 4.66. The van der Waals surface area contributed by atoms with Gasteiger partial charge in [-0.1, -0.05) is 25.5 Å². The number of rotatable bonds is 3. The van der Waals surface area contributed by atoms with Crippen molar-refractivity contribution in [1.29, 1.82) is 0 Å². The van der Waals surface area contributed by atoms with Crippen molar-refractivity contribution in [3.05, 3.63) is 35.1 Å². The highest BCUT2D eigenvalue weighted by molar-refractivity contribution is 5.26. The summed E-state index contributed by atoms with van der Waals surface area (Å²) >= 11 is 0. The van der Waals surface area contributed by atoms with Gasteiger partial charge in [0.05, 0.1) is 0 Å². The number of benzene rings is 1. The lowest BCUT2D eigenvalue weighted by atomic mass is 10.0. The summed E-state index contributed by atoms with van der Waals surface area (Å²) in [5.41, 5.74) is 7.60. The Morgan fingerprint density at radius 2 is 2.15 bits per heavy atom. The highest BCUT2D eigenvalue weighted by atomic mass is 19.1. The zero-order valence-corrected chi connectivity index (χ0v) is 8.18. The average Bonchev–Trinajstić information content (AvgIpc) is 2.10. The topological polar surface area (TPSA) is 26.0 Å². The van der Waals surface area contributed by atoms with E-state index in [0.717, 1.165) is 18.4 Å². The van der Waals surface area contributed by atoms with Gasteiger partial charge in [0.15, 0.2) is 0 Å². The Morgan fingerprint density at radius 1 is 1.46 bits per heavy atom. The Morgan fingerprint density at radius 3 is 2.69 bits per heavy atom. The monoisotopic (exact) mass is 181 g/mol. The van der Waals surface area contributed by atoms with E-state index in [-0.39, 0.29) is 11.9 Å². The molecule has 0 fully saturated rings. The predicted molar refractivity (Wildman–Crippen MR) is 53.0 cm³/mol. The van der Waals surface area contributed by atoms with Crippen LogP contribution < -0.4 is 5.73 Å². The van der Waals surface area contributed by atoms with Crippen LogP contribution >= 0.6 is 0 Å². The van der Waals surface area contributed by atoms with Crippen molar-refractivity contribution in [2.24, 2.45) is 5.73 Å². The van der Waals surface area contributed by atoms with Crippen LogP contribution in [0.15, 0.2) is 18.2 Å². The van der Waals surface area contributed by atoms with Crippen molar-refractivity contribution < 1.29 is 4.39 Å². The lowest BCUT2D eigenvalue weighted by Gasteiger charge is -2.11. The lowest BCUT2D eigenvalue weighted by molar-refractivity contribution is 0.608. The molecule has 1 nitrogen and oxygen atoms in total. The molecule has 72 valence electrons. The summed E-state index contributed by atoms with van der Waals surface area (Å²) in [6.07, 6.45) is 2.00. The first kappa shape index (κ1) is 10.2. The molecular weight excluding hydrogens is 165 g/mol. The van der Waals surface area contributed by atoms with Gasteiger partial charge in [-0.25, -0.2) is 4.39 Å². The van der Waals surface area contributed by atoms with Gasteiger partial charge in [-0.05, 0) is 30.5 Å². The van der Waals surface area contributed by atoms with Crippen LogP contribution in [0.1, 0.15) is 36.9 Å². The summed E-state index contributed by atoms with van der Waals surface area (Å²) in [6.45, 7) is 3.85. The Labute approximate surface area is 78.8 Å². The molecule has 0 spiro atoms. The Bertz CT molecular complexity index is 283. The minimum absolute atomic E-state index is 0.0456. The molecule has 0 saturated heterocycles. The van der Waals surface area contributed by atoms with E-state index in [2.05, 4.69) is 6.92 Å². The quantitative estimate of drug-likeness (QED) is 0.762. The van der Waals surface area contributed by atoms with Gasteiger partial charge in [0.25, 0.3) is 0 Å². The van der Waals surface area contributed by atoms with Gasteiger partial charge in [-0.3, -0.25) is 0 Å². The van der Waals surface area contributed by atoms with Crippen LogP contribution in [-0.2, 0) is 0 Å². The molecule has 13 heavy (non-hydrogen) atoms. The van der Waals surface area contributed by atoms with Gasteiger partial charge in [0.2, 0.25) is 0 Å².